The molecule has 3 amide bonds. The number of hydrogen-bond acceptors (Lipinski definition) is 7. The molecular formula is C37H63N3O7. The van der Waals surface area contributed by atoms with Crippen LogP contribution in [0.4, 0.5) is 0 Å². The van der Waals surface area contributed by atoms with Crippen molar-refractivity contribution in [1.82, 2.24) is 15.1 Å². The van der Waals surface area contributed by atoms with Crippen molar-refractivity contribution in [3.05, 3.63) is 0 Å². The smallest absolute Gasteiger partial charge is 0.305 e. The lowest BCUT2D eigenvalue weighted by atomic mass is 9.88. The van der Waals surface area contributed by atoms with Crippen molar-refractivity contribution in [1.29, 1.82) is 0 Å². The summed E-state index contributed by atoms with van der Waals surface area (Å²) in [7, 11) is 1.34. The first-order chi connectivity index (χ1) is 23.0. The Hall–Kier alpha value is -2.20. The van der Waals surface area contributed by atoms with Gasteiger partial charge in [-0.1, -0.05) is 77.0 Å². The Morgan fingerprint density at radius 2 is 0.936 bits per heavy atom. The molecule has 0 heterocycles. The van der Waals surface area contributed by atoms with Gasteiger partial charge in [0.25, 0.3) is 0 Å². The average molecular weight is 662 g/mol. The molecule has 4 aliphatic rings. The molecule has 4 rings (SSSR count). The number of ether oxygens (including phenoxy) is 3. The molecule has 0 radical (unpaired) electrons. The second kappa shape index (κ2) is 21.0. The van der Waals surface area contributed by atoms with Crippen LogP contribution in [0.3, 0.4) is 0 Å². The van der Waals surface area contributed by atoms with Crippen LogP contribution in [0.2, 0.25) is 0 Å². The monoisotopic (exact) mass is 661 g/mol. The zero-order valence-electron chi connectivity index (χ0n) is 29.2. The van der Waals surface area contributed by atoms with Crippen LogP contribution in [0.5, 0.6) is 0 Å². The number of nitrogens with one attached hydrogen (secondary N) is 1. The van der Waals surface area contributed by atoms with E-state index in [4.69, 9.17) is 14.2 Å². The lowest BCUT2D eigenvalue weighted by molar-refractivity contribution is -0.144. The van der Waals surface area contributed by atoms with Gasteiger partial charge in [-0.25, -0.2) is 0 Å². The molecule has 4 aliphatic carbocycles. The van der Waals surface area contributed by atoms with E-state index in [2.05, 4.69) is 15.1 Å². The van der Waals surface area contributed by atoms with Gasteiger partial charge in [0.05, 0.1) is 26.4 Å². The molecule has 47 heavy (non-hydrogen) atoms. The third-order valence-corrected chi connectivity index (χ3v) is 10.9. The van der Waals surface area contributed by atoms with Gasteiger partial charge in [0.15, 0.2) is 0 Å². The van der Waals surface area contributed by atoms with E-state index in [-0.39, 0.29) is 63.0 Å². The number of carbonyl (C=O) groups is 4. The molecule has 0 aromatic rings. The van der Waals surface area contributed by atoms with E-state index in [1.54, 1.807) is 0 Å². The van der Waals surface area contributed by atoms with Crippen molar-refractivity contribution >= 4 is 23.7 Å². The molecule has 0 aromatic carbocycles. The van der Waals surface area contributed by atoms with Crippen LogP contribution >= 0.6 is 0 Å². The topological polar surface area (TPSA) is 114 Å². The van der Waals surface area contributed by atoms with Crippen LogP contribution in [0.15, 0.2) is 0 Å². The molecular weight excluding hydrogens is 598 g/mol. The largest absolute Gasteiger partial charge is 0.469 e. The first-order valence-corrected chi connectivity index (χ1v) is 19.1. The average Bonchev–Trinajstić information content (AvgIpc) is 3.10. The lowest BCUT2D eigenvalue weighted by Gasteiger charge is -2.42. The van der Waals surface area contributed by atoms with Gasteiger partial charge in [0.2, 0.25) is 17.7 Å². The quantitative estimate of drug-likeness (QED) is 0.195. The minimum atomic E-state index is -0.517. The summed E-state index contributed by atoms with van der Waals surface area (Å²) < 4.78 is 16.7. The molecule has 4 fully saturated rings. The van der Waals surface area contributed by atoms with Gasteiger partial charge in [-0.05, 0) is 57.8 Å². The van der Waals surface area contributed by atoms with Gasteiger partial charge < -0.3 is 29.3 Å². The third kappa shape index (κ3) is 12.6. The Kier molecular flexibility index (Phi) is 16.8. The summed E-state index contributed by atoms with van der Waals surface area (Å²) in [5.74, 6) is -0.489. The molecule has 0 aliphatic heterocycles. The second-order valence-corrected chi connectivity index (χ2v) is 14.5. The Morgan fingerprint density at radius 3 is 1.28 bits per heavy atom. The first kappa shape index (κ1) is 37.6. The van der Waals surface area contributed by atoms with E-state index in [0.29, 0.717) is 30.6 Å². The van der Waals surface area contributed by atoms with Crippen LogP contribution < -0.4 is 5.32 Å². The van der Waals surface area contributed by atoms with Gasteiger partial charge in [-0.15, -0.1) is 0 Å². The molecule has 10 heteroatoms. The molecule has 10 nitrogen and oxygen atoms in total. The number of esters is 1. The number of hydrogen-bond donors (Lipinski definition) is 1. The highest BCUT2D eigenvalue weighted by molar-refractivity contribution is 5.79. The minimum Gasteiger partial charge on any atom is -0.469 e. The molecule has 0 bridgehead atoms. The van der Waals surface area contributed by atoms with Gasteiger partial charge >= 0.3 is 5.97 Å². The minimum absolute atomic E-state index is 0.0300. The highest BCUT2D eigenvalue weighted by atomic mass is 16.5. The Labute approximate surface area is 283 Å². The van der Waals surface area contributed by atoms with Crippen molar-refractivity contribution in [3.63, 3.8) is 0 Å². The summed E-state index contributed by atoms with van der Waals surface area (Å²) in [5, 5.41) is 2.98. The maximum atomic E-state index is 13.6. The van der Waals surface area contributed by atoms with Gasteiger partial charge in [-0.3, -0.25) is 19.2 Å². The number of carbonyl (C=O) groups excluding carboxylic acids is 4. The number of methoxy groups -OCH3 is 1. The summed E-state index contributed by atoms with van der Waals surface area (Å²) in [4.78, 5) is 56.0. The van der Waals surface area contributed by atoms with Crippen LogP contribution in [-0.4, -0.2) is 97.2 Å². The van der Waals surface area contributed by atoms with Crippen LogP contribution in [0.1, 0.15) is 148 Å². The molecule has 0 spiro atoms. The zero-order valence-corrected chi connectivity index (χ0v) is 29.2. The standard InChI is InChI=1S/C37H63N3O7/c1-45-37(44)24-14-23-34(41)38-29(25-46-27-35(42)39(30-15-6-2-7-16-30)31-17-8-3-9-18-31)26-47-28-36(43)40(32-19-10-4-11-20-32)33-21-12-5-13-22-33/h29-33H,2-28H2,1H3,(H,38,41). The second-order valence-electron chi connectivity index (χ2n) is 14.5. The Morgan fingerprint density at radius 1 is 0.574 bits per heavy atom. The van der Waals surface area contributed by atoms with Crippen LogP contribution in [0.25, 0.3) is 0 Å². The molecule has 4 saturated carbocycles. The SMILES string of the molecule is COC(=O)CCCC(=O)NC(COCC(=O)N(C1CCCCC1)C1CCCCC1)COCC(=O)N(C1CCCCC1)C1CCCCC1. The van der Waals surface area contributed by atoms with E-state index >= 15 is 0 Å². The maximum Gasteiger partial charge on any atom is 0.305 e. The molecule has 268 valence electrons. The highest BCUT2D eigenvalue weighted by Crippen LogP contribution is 2.32. The van der Waals surface area contributed by atoms with E-state index in [1.165, 1.54) is 84.2 Å². The van der Waals surface area contributed by atoms with E-state index in [1.807, 2.05) is 0 Å². The van der Waals surface area contributed by atoms with E-state index in [9.17, 15) is 19.2 Å². The maximum absolute atomic E-state index is 13.6. The van der Waals surface area contributed by atoms with Gasteiger partial charge in [0, 0.05) is 37.0 Å². The lowest BCUT2D eigenvalue weighted by Crippen LogP contribution is -2.51. The van der Waals surface area contributed by atoms with Gasteiger partial charge in [-0.2, -0.15) is 0 Å². The fourth-order valence-corrected chi connectivity index (χ4v) is 8.50. The van der Waals surface area contributed by atoms with Crippen molar-refractivity contribution < 1.29 is 33.4 Å². The normalized spacial score (nSPS) is 20.6. The van der Waals surface area contributed by atoms with Gasteiger partial charge in [0.1, 0.15) is 13.2 Å². The Balaban J connectivity index is 1.33. The zero-order chi connectivity index (χ0) is 33.3. The molecule has 0 aromatic heterocycles. The predicted molar refractivity (Wildman–Crippen MR) is 181 cm³/mol. The molecule has 0 atom stereocenters. The fourth-order valence-electron chi connectivity index (χ4n) is 8.50. The predicted octanol–water partition coefficient (Wildman–Crippen LogP) is 5.84. The van der Waals surface area contributed by atoms with Crippen molar-refractivity contribution in [2.45, 2.75) is 178 Å². The number of amides is 3. The van der Waals surface area contributed by atoms with E-state index < -0.39 is 6.04 Å². The van der Waals surface area contributed by atoms with Crippen molar-refractivity contribution in [3.8, 4) is 0 Å². The van der Waals surface area contributed by atoms with Crippen molar-refractivity contribution in [2.24, 2.45) is 0 Å². The number of rotatable bonds is 17. The van der Waals surface area contributed by atoms with Crippen LogP contribution in [0, 0.1) is 0 Å². The third-order valence-electron chi connectivity index (χ3n) is 10.9. The molecule has 0 unspecified atom stereocenters. The van der Waals surface area contributed by atoms with Crippen molar-refractivity contribution in [2.75, 3.05) is 33.5 Å². The van der Waals surface area contributed by atoms with Crippen LogP contribution in [-0.2, 0) is 33.4 Å². The summed E-state index contributed by atoms with van der Waals surface area (Å²) in [5.41, 5.74) is 0. The molecule has 1 N–H and O–H groups in total. The summed E-state index contributed by atoms with van der Waals surface area (Å²) in [6.07, 6.45) is 23.5. The fraction of sp³-hybridized carbons (Fsp3) is 0.892. The first-order valence-electron chi connectivity index (χ1n) is 19.1. The Bertz CT molecular complexity index is 860. The highest BCUT2D eigenvalue weighted by Gasteiger charge is 2.34. The summed E-state index contributed by atoms with van der Waals surface area (Å²) in [6, 6.07) is 0.646. The van der Waals surface area contributed by atoms with E-state index in [0.717, 1.165) is 51.4 Å². The summed E-state index contributed by atoms with van der Waals surface area (Å²) in [6.45, 7) is 0.164. The molecule has 0 saturated heterocycles. The number of nitrogens with zero attached hydrogens (tertiary/aromatic N) is 2. The summed E-state index contributed by atoms with van der Waals surface area (Å²) >= 11 is 0.